The lowest BCUT2D eigenvalue weighted by Crippen LogP contribution is -2.37. The van der Waals surface area contributed by atoms with E-state index in [1.165, 1.54) is 0 Å². The summed E-state index contributed by atoms with van der Waals surface area (Å²) in [7, 11) is 0. The summed E-state index contributed by atoms with van der Waals surface area (Å²) in [5.74, 6) is 0.760. The predicted molar refractivity (Wildman–Crippen MR) is 62.0 cm³/mol. The number of carbonyl (C=O) groups is 1. The molecule has 3 N–H and O–H groups in total. The lowest BCUT2D eigenvalue weighted by molar-refractivity contribution is -0.120. The normalized spacial score (nSPS) is 30.1. The highest BCUT2D eigenvalue weighted by atomic mass is 16.3. The molecule has 4 nitrogen and oxygen atoms in total. The smallest absolute Gasteiger partial charge is 0.234 e. The topological polar surface area (TPSA) is 61.4 Å². The molecule has 0 aromatic heterocycles. The molecule has 0 heterocycles. The molecule has 92 valence electrons. The molecule has 4 heteroatoms. The van der Waals surface area contributed by atoms with E-state index in [1.54, 1.807) is 0 Å². The van der Waals surface area contributed by atoms with Crippen molar-refractivity contribution in [1.29, 1.82) is 0 Å². The van der Waals surface area contributed by atoms with Gasteiger partial charge in [-0.25, -0.2) is 0 Å². The molecule has 2 saturated carbocycles. The second-order valence-corrected chi connectivity index (χ2v) is 5.15. The van der Waals surface area contributed by atoms with Crippen LogP contribution >= 0.6 is 0 Å². The van der Waals surface area contributed by atoms with Gasteiger partial charge in [-0.2, -0.15) is 0 Å². The first-order chi connectivity index (χ1) is 7.74. The van der Waals surface area contributed by atoms with Crippen molar-refractivity contribution < 1.29 is 9.90 Å². The van der Waals surface area contributed by atoms with E-state index in [-0.39, 0.29) is 12.0 Å². The molecule has 0 bridgehead atoms. The van der Waals surface area contributed by atoms with Gasteiger partial charge in [0.2, 0.25) is 5.91 Å². The molecule has 16 heavy (non-hydrogen) atoms. The lowest BCUT2D eigenvalue weighted by atomic mass is 9.87. The maximum atomic E-state index is 11.4. The fraction of sp³-hybridized carbons (Fsp3) is 0.917. The van der Waals surface area contributed by atoms with E-state index in [9.17, 15) is 9.90 Å². The van der Waals surface area contributed by atoms with Crippen molar-refractivity contribution >= 4 is 5.91 Å². The van der Waals surface area contributed by atoms with Gasteiger partial charge < -0.3 is 15.7 Å². The largest absolute Gasteiger partial charge is 0.393 e. The monoisotopic (exact) mass is 226 g/mol. The summed E-state index contributed by atoms with van der Waals surface area (Å²) in [6.07, 6.45) is 6.20. The molecule has 0 aliphatic heterocycles. The van der Waals surface area contributed by atoms with E-state index in [4.69, 9.17) is 0 Å². The summed E-state index contributed by atoms with van der Waals surface area (Å²) in [6, 6.07) is 0.458. The molecule has 0 saturated heterocycles. The second-order valence-electron chi connectivity index (χ2n) is 5.15. The maximum Gasteiger partial charge on any atom is 0.234 e. The third kappa shape index (κ3) is 4.10. The third-order valence-electron chi connectivity index (χ3n) is 3.48. The van der Waals surface area contributed by atoms with Crippen LogP contribution in [0.5, 0.6) is 0 Å². The van der Waals surface area contributed by atoms with Gasteiger partial charge in [0.15, 0.2) is 0 Å². The predicted octanol–water partition coefficient (Wildman–Crippen LogP) is 0.406. The highest BCUT2D eigenvalue weighted by molar-refractivity contribution is 5.78. The first-order valence-electron chi connectivity index (χ1n) is 6.42. The Hall–Kier alpha value is -0.610. The molecule has 0 spiro atoms. The zero-order valence-electron chi connectivity index (χ0n) is 9.74. The number of hydrogen-bond acceptors (Lipinski definition) is 3. The molecule has 0 aromatic rings. The van der Waals surface area contributed by atoms with E-state index >= 15 is 0 Å². The van der Waals surface area contributed by atoms with Gasteiger partial charge in [0.1, 0.15) is 0 Å². The Labute approximate surface area is 96.8 Å². The second kappa shape index (κ2) is 5.64. The van der Waals surface area contributed by atoms with Gasteiger partial charge in [0.25, 0.3) is 0 Å². The number of carbonyl (C=O) groups excluding carboxylic acids is 1. The zero-order valence-corrected chi connectivity index (χ0v) is 9.74. The Balaban J connectivity index is 1.51. The average Bonchev–Trinajstić information content (AvgIpc) is 3.05. The average molecular weight is 226 g/mol. The van der Waals surface area contributed by atoms with Crippen LogP contribution in [-0.2, 0) is 4.79 Å². The Morgan fingerprint density at radius 1 is 1.12 bits per heavy atom. The number of aliphatic hydroxyl groups excluding tert-OH is 1. The quantitative estimate of drug-likeness (QED) is 0.636. The summed E-state index contributed by atoms with van der Waals surface area (Å²) < 4.78 is 0. The van der Waals surface area contributed by atoms with Crippen molar-refractivity contribution in [3.8, 4) is 0 Å². The Morgan fingerprint density at radius 3 is 2.44 bits per heavy atom. The van der Waals surface area contributed by atoms with Crippen molar-refractivity contribution in [2.45, 2.75) is 50.7 Å². The number of aliphatic hydroxyl groups is 1. The van der Waals surface area contributed by atoms with Crippen LogP contribution in [0.25, 0.3) is 0 Å². The van der Waals surface area contributed by atoms with Crippen LogP contribution in [0.2, 0.25) is 0 Å². The maximum absolute atomic E-state index is 11.4. The van der Waals surface area contributed by atoms with Crippen LogP contribution in [0, 0.1) is 5.92 Å². The van der Waals surface area contributed by atoms with Crippen LogP contribution in [-0.4, -0.2) is 36.2 Å². The van der Waals surface area contributed by atoms with Gasteiger partial charge in [-0.15, -0.1) is 0 Å². The highest BCUT2D eigenvalue weighted by Gasteiger charge is 2.23. The van der Waals surface area contributed by atoms with Crippen LogP contribution in [0.3, 0.4) is 0 Å². The van der Waals surface area contributed by atoms with E-state index in [2.05, 4.69) is 10.6 Å². The lowest BCUT2D eigenvalue weighted by Gasteiger charge is -2.25. The van der Waals surface area contributed by atoms with E-state index in [0.717, 1.165) is 45.1 Å². The highest BCUT2D eigenvalue weighted by Crippen LogP contribution is 2.23. The number of nitrogens with one attached hydrogen (secondary N) is 2. The van der Waals surface area contributed by atoms with Gasteiger partial charge in [0, 0.05) is 6.04 Å². The Morgan fingerprint density at radius 2 is 1.81 bits per heavy atom. The molecule has 2 fully saturated rings. The molecule has 0 aromatic carbocycles. The molecule has 2 rings (SSSR count). The molecular formula is C12H22N2O2. The third-order valence-corrected chi connectivity index (χ3v) is 3.48. The van der Waals surface area contributed by atoms with Gasteiger partial charge >= 0.3 is 0 Å². The fourth-order valence-corrected chi connectivity index (χ4v) is 2.25. The fourth-order valence-electron chi connectivity index (χ4n) is 2.25. The molecule has 2 aliphatic carbocycles. The summed E-state index contributed by atoms with van der Waals surface area (Å²) >= 11 is 0. The summed E-state index contributed by atoms with van der Waals surface area (Å²) in [6.45, 7) is 1.35. The minimum Gasteiger partial charge on any atom is -0.393 e. The van der Waals surface area contributed by atoms with Gasteiger partial charge in [0.05, 0.1) is 12.6 Å². The zero-order chi connectivity index (χ0) is 11.4. The minimum atomic E-state index is -0.0885. The van der Waals surface area contributed by atoms with Crippen molar-refractivity contribution in [3.05, 3.63) is 0 Å². The number of hydrogen-bond donors (Lipinski definition) is 3. The van der Waals surface area contributed by atoms with Gasteiger partial charge in [-0.1, -0.05) is 0 Å². The van der Waals surface area contributed by atoms with Crippen molar-refractivity contribution in [3.63, 3.8) is 0 Å². The molecule has 0 atom stereocenters. The summed E-state index contributed by atoms with van der Waals surface area (Å²) in [5, 5.41) is 15.5. The van der Waals surface area contributed by atoms with Gasteiger partial charge in [-0.05, 0) is 51.0 Å². The van der Waals surface area contributed by atoms with Crippen LogP contribution in [0.4, 0.5) is 0 Å². The van der Waals surface area contributed by atoms with E-state index in [1.807, 2.05) is 0 Å². The Bertz CT molecular complexity index is 233. The molecule has 1 amide bonds. The van der Waals surface area contributed by atoms with Crippen molar-refractivity contribution in [2.75, 3.05) is 13.1 Å². The molecule has 2 aliphatic rings. The minimum absolute atomic E-state index is 0.0885. The molecular weight excluding hydrogens is 204 g/mol. The summed E-state index contributed by atoms with van der Waals surface area (Å²) in [4.78, 5) is 11.4. The molecule has 0 radical (unpaired) electrons. The Kier molecular flexibility index (Phi) is 4.18. The number of rotatable bonds is 5. The first-order valence-corrected chi connectivity index (χ1v) is 6.42. The number of amides is 1. The van der Waals surface area contributed by atoms with Crippen LogP contribution in [0.1, 0.15) is 38.5 Å². The van der Waals surface area contributed by atoms with Crippen LogP contribution < -0.4 is 10.6 Å². The summed E-state index contributed by atoms with van der Waals surface area (Å²) in [5.41, 5.74) is 0. The van der Waals surface area contributed by atoms with Gasteiger partial charge in [-0.3, -0.25) is 4.79 Å². The van der Waals surface area contributed by atoms with Crippen LogP contribution in [0.15, 0.2) is 0 Å². The van der Waals surface area contributed by atoms with E-state index < -0.39 is 0 Å². The standard InChI is InChI=1S/C12H22N2O2/c15-11-5-1-9(2-6-11)7-13-8-12(16)14-10-3-4-10/h9-11,13,15H,1-8H2,(H,14,16). The van der Waals surface area contributed by atoms with Crippen molar-refractivity contribution in [1.82, 2.24) is 10.6 Å². The SMILES string of the molecule is O=C(CNCC1CCC(O)CC1)NC1CC1. The molecule has 0 unspecified atom stereocenters. The van der Waals surface area contributed by atoms with E-state index in [0.29, 0.717) is 18.5 Å². The first kappa shape index (κ1) is 11.9. The van der Waals surface area contributed by atoms with Crippen molar-refractivity contribution in [2.24, 2.45) is 5.92 Å².